The highest BCUT2D eigenvalue weighted by Crippen LogP contribution is 2.37. The monoisotopic (exact) mass is 315 g/mol. The summed E-state index contributed by atoms with van der Waals surface area (Å²) in [6.07, 6.45) is 1.99. The fourth-order valence-corrected chi connectivity index (χ4v) is 3.41. The first kappa shape index (κ1) is 17.3. The molecule has 1 aliphatic heterocycles. The molecule has 1 aromatic rings. The van der Waals surface area contributed by atoms with Crippen LogP contribution in [0, 0.1) is 36.5 Å². The van der Waals surface area contributed by atoms with Crippen molar-refractivity contribution in [2.75, 3.05) is 25.1 Å². The Hall–Kier alpha value is -2.09. The van der Waals surface area contributed by atoms with E-state index in [1.807, 2.05) is 33.8 Å². The van der Waals surface area contributed by atoms with E-state index in [4.69, 9.17) is 4.74 Å². The molecule has 124 valence electrons. The number of hydrogen-bond acceptors (Lipinski definition) is 5. The molecule has 0 radical (unpaired) electrons. The van der Waals surface area contributed by atoms with E-state index < -0.39 is 5.41 Å². The number of anilines is 1. The maximum Gasteiger partial charge on any atom is 0.311 e. The van der Waals surface area contributed by atoms with Gasteiger partial charge in [-0.3, -0.25) is 9.78 Å². The van der Waals surface area contributed by atoms with Crippen LogP contribution in [0.15, 0.2) is 6.07 Å². The number of hydrogen-bond donors (Lipinski definition) is 0. The van der Waals surface area contributed by atoms with Crippen LogP contribution in [-0.2, 0) is 9.53 Å². The number of carbonyl (C=O) groups is 1. The van der Waals surface area contributed by atoms with Gasteiger partial charge in [-0.15, -0.1) is 0 Å². The number of aryl methyl sites for hydroxylation is 2. The van der Waals surface area contributed by atoms with E-state index >= 15 is 0 Å². The lowest BCUT2D eigenvalue weighted by Crippen LogP contribution is -2.45. The molecule has 1 aromatic heterocycles. The second kappa shape index (κ2) is 6.57. The van der Waals surface area contributed by atoms with Gasteiger partial charge in [-0.25, -0.2) is 0 Å². The summed E-state index contributed by atoms with van der Waals surface area (Å²) < 4.78 is 4.97. The van der Waals surface area contributed by atoms with Crippen molar-refractivity contribution in [1.82, 2.24) is 4.98 Å². The maximum absolute atomic E-state index is 12.1. The van der Waals surface area contributed by atoms with Crippen molar-refractivity contribution in [2.45, 2.75) is 40.5 Å². The third-order valence-electron chi connectivity index (χ3n) is 4.91. The Bertz CT molecular complexity index is 646. The first-order chi connectivity index (χ1) is 10.8. The highest BCUT2D eigenvalue weighted by molar-refractivity contribution is 5.76. The van der Waals surface area contributed by atoms with E-state index in [1.165, 1.54) is 7.11 Å². The average Bonchev–Trinajstić information content (AvgIpc) is 2.53. The topological polar surface area (TPSA) is 66.2 Å². The van der Waals surface area contributed by atoms with E-state index in [1.54, 1.807) is 0 Å². The van der Waals surface area contributed by atoms with Crippen LogP contribution in [0.4, 0.5) is 5.69 Å². The number of piperidine rings is 1. The zero-order valence-electron chi connectivity index (χ0n) is 14.6. The molecule has 1 saturated heterocycles. The molecule has 1 unspecified atom stereocenters. The van der Waals surface area contributed by atoms with E-state index in [0.717, 1.165) is 43.0 Å². The van der Waals surface area contributed by atoms with Gasteiger partial charge in [0.25, 0.3) is 0 Å². The van der Waals surface area contributed by atoms with Gasteiger partial charge >= 0.3 is 5.97 Å². The number of nitrogens with zero attached hydrogens (tertiary/aromatic N) is 3. The fourth-order valence-electron chi connectivity index (χ4n) is 3.41. The summed E-state index contributed by atoms with van der Waals surface area (Å²) in [5, 5.41) is 9.48. The lowest BCUT2D eigenvalue weighted by atomic mass is 9.74. The number of carbonyl (C=O) groups excluding carboxylic acids is 1. The number of nitriles is 1. The molecule has 0 aliphatic carbocycles. The second-order valence-corrected chi connectivity index (χ2v) is 6.85. The summed E-state index contributed by atoms with van der Waals surface area (Å²) in [6, 6.07) is 4.25. The van der Waals surface area contributed by atoms with Crippen LogP contribution < -0.4 is 4.90 Å². The zero-order valence-corrected chi connectivity index (χ0v) is 14.6. The van der Waals surface area contributed by atoms with Gasteiger partial charge in [-0.1, -0.05) is 0 Å². The molecule has 0 N–H and O–H groups in total. The normalized spacial score (nSPS) is 18.4. The Kier molecular flexibility index (Phi) is 4.93. The molecule has 0 aromatic carbocycles. The van der Waals surface area contributed by atoms with Gasteiger partial charge < -0.3 is 9.64 Å². The van der Waals surface area contributed by atoms with Crippen molar-refractivity contribution in [1.29, 1.82) is 5.26 Å². The summed E-state index contributed by atoms with van der Waals surface area (Å²) in [4.78, 5) is 18.7. The Balaban J connectivity index is 2.33. The molecule has 0 bridgehead atoms. The summed E-state index contributed by atoms with van der Waals surface area (Å²) in [6.45, 7) is 9.35. The molecule has 23 heavy (non-hydrogen) atoms. The van der Waals surface area contributed by atoms with Crippen LogP contribution in [0.5, 0.6) is 0 Å². The van der Waals surface area contributed by atoms with Gasteiger partial charge in [0.1, 0.15) is 6.07 Å². The molecule has 0 amide bonds. The van der Waals surface area contributed by atoms with Gasteiger partial charge in [-0.05, 0) is 52.5 Å². The number of rotatable bonds is 3. The minimum atomic E-state index is -0.530. The third-order valence-corrected chi connectivity index (χ3v) is 4.91. The van der Waals surface area contributed by atoms with Crippen molar-refractivity contribution in [3.8, 4) is 6.07 Å². The molecule has 5 nitrogen and oxygen atoms in total. The number of ether oxygens (including phenoxy) is 1. The summed E-state index contributed by atoms with van der Waals surface area (Å²) in [7, 11) is 1.44. The Morgan fingerprint density at radius 3 is 2.78 bits per heavy atom. The van der Waals surface area contributed by atoms with Gasteiger partial charge in [0.15, 0.2) is 0 Å². The van der Waals surface area contributed by atoms with Crippen molar-refractivity contribution in [3.63, 3.8) is 0 Å². The predicted molar refractivity (Wildman–Crippen MR) is 89.2 cm³/mol. The first-order valence-corrected chi connectivity index (χ1v) is 8.03. The van der Waals surface area contributed by atoms with Crippen molar-refractivity contribution in [2.24, 2.45) is 11.3 Å². The molecule has 2 rings (SSSR count). The van der Waals surface area contributed by atoms with Gasteiger partial charge in [-0.2, -0.15) is 5.26 Å². The minimum absolute atomic E-state index is 0.174. The highest BCUT2D eigenvalue weighted by Gasteiger charge is 2.40. The van der Waals surface area contributed by atoms with E-state index in [2.05, 4.69) is 16.0 Å². The smallest absolute Gasteiger partial charge is 0.311 e. The standard InChI is InChI=1S/C18H25N3O2/c1-12-9-16(15(10-19)13(2)20-12)21-8-6-7-14(11-21)18(3,4)17(22)23-5/h9,14H,6-8,11H2,1-5H3. The quantitative estimate of drug-likeness (QED) is 0.802. The van der Waals surface area contributed by atoms with Crippen LogP contribution in [0.25, 0.3) is 0 Å². The van der Waals surface area contributed by atoms with Crippen LogP contribution in [0.2, 0.25) is 0 Å². The summed E-state index contributed by atoms with van der Waals surface area (Å²) >= 11 is 0. The fraction of sp³-hybridized carbons (Fsp3) is 0.611. The molecular weight excluding hydrogens is 290 g/mol. The van der Waals surface area contributed by atoms with Crippen molar-refractivity contribution < 1.29 is 9.53 Å². The maximum atomic E-state index is 12.1. The number of esters is 1. The minimum Gasteiger partial charge on any atom is -0.469 e. The van der Waals surface area contributed by atoms with Crippen molar-refractivity contribution in [3.05, 3.63) is 23.0 Å². The SMILES string of the molecule is COC(=O)C(C)(C)C1CCCN(c2cc(C)nc(C)c2C#N)C1. The molecule has 1 aliphatic rings. The lowest BCUT2D eigenvalue weighted by Gasteiger charge is -2.41. The van der Waals surface area contributed by atoms with Gasteiger partial charge in [0, 0.05) is 18.8 Å². The summed E-state index contributed by atoms with van der Waals surface area (Å²) in [5.41, 5.74) is 2.70. The molecule has 2 heterocycles. The second-order valence-electron chi connectivity index (χ2n) is 6.85. The largest absolute Gasteiger partial charge is 0.469 e. The Morgan fingerprint density at radius 1 is 1.48 bits per heavy atom. The van der Waals surface area contributed by atoms with Crippen LogP contribution in [0.1, 0.15) is 43.6 Å². The molecule has 5 heteroatoms. The Labute approximate surface area is 138 Å². The molecule has 1 atom stereocenters. The zero-order chi connectivity index (χ0) is 17.2. The molecular formula is C18H25N3O2. The van der Waals surface area contributed by atoms with E-state index in [-0.39, 0.29) is 11.9 Å². The predicted octanol–water partition coefficient (Wildman–Crippen LogP) is 2.99. The first-order valence-electron chi connectivity index (χ1n) is 8.03. The summed E-state index contributed by atoms with van der Waals surface area (Å²) in [5.74, 6) is 0.0240. The van der Waals surface area contributed by atoms with Crippen molar-refractivity contribution >= 4 is 11.7 Å². The van der Waals surface area contributed by atoms with Gasteiger partial charge in [0.05, 0.1) is 29.5 Å². The van der Waals surface area contributed by atoms with Crippen LogP contribution in [-0.4, -0.2) is 31.2 Å². The molecule has 1 fully saturated rings. The Morgan fingerprint density at radius 2 is 2.17 bits per heavy atom. The van der Waals surface area contributed by atoms with Crippen LogP contribution >= 0.6 is 0 Å². The number of aromatic nitrogens is 1. The van der Waals surface area contributed by atoms with E-state index in [9.17, 15) is 10.1 Å². The average molecular weight is 315 g/mol. The van der Waals surface area contributed by atoms with E-state index in [0.29, 0.717) is 5.56 Å². The van der Waals surface area contributed by atoms with Gasteiger partial charge in [0.2, 0.25) is 0 Å². The molecule has 0 spiro atoms. The van der Waals surface area contributed by atoms with Crippen LogP contribution in [0.3, 0.4) is 0 Å². The molecule has 0 saturated carbocycles. The third kappa shape index (κ3) is 3.31. The highest BCUT2D eigenvalue weighted by atomic mass is 16.5. The number of methoxy groups -OCH3 is 1. The lowest BCUT2D eigenvalue weighted by molar-refractivity contribution is -0.154. The number of pyridine rings is 1.